The Morgan fingerprint density at radius 2 is 2.21 bits per heavy atom. The fourth-order valence-corrected chi connectivity index (χ4v) is 2.71. The van der Waals surface area contributed by atoms with E-state index in [-0.39, 0.29) is 5.82 Å². The molecule has 1 aromatic carbocycles. The molecular weight excluding hydrogens is 239 g/mol. The lowest BCUT2D eigenvalue weighted by molar-refractivity contribution is 0.177. The van der Waals surface area contributed by atoms with E-state index in [4.69, 9.17) is 0 Å². The summed E-state index contributed by atoms with van der Waals surface area (Å²) in [4.78, 5) is 2.52. The molecule has 0 amide bonds. The fourth-order valence-electron chi connectivity index (χ4n) is 2.71. The van der Waals surface area contributed by atoms with Crippen molar-refractivity contribution in [2.75, 3.05) is 26.2 Å². The topological polar surface area (TPSA) is 15.3 Å². The SMILES string of the molecule is Cc1cc(F)ccc1CCN1CCNC(C(C)C)C1. The molecular formula is C16H25FN2. The first-order chi connectivity index (χ1) is 9.06. The van der Waals surface area contributed by atoms with Crippen molar-refractivity contribution in [2.45, 2.75) is 33.2 Å². The van der Waals surface area contributed by atoms with Crippen LogP contribution in [-0.2, 0) is 6.42 Å². The highest BCUT2D eigenvalue weighted by atomic mass is 19.1. The summed E-state index contributed by atoms with van der Waals surface area (Å²) in [5.74, 6) is 0.540. The van der Waals surface area contributed by atoms with Gasteiger partial charge in [-0.1, -0.05) is 19.9 Å². The quantitative estimate of drug-likeness (QED) is 0.899. The number of hydrogen-bond acceptors (Lipinski definition) is 2. The summed E-state index contributed by atoms with van der Waals surface area (Å²) in [5.41, 5.74) is 2.33. The van der Waals surface area contributed by atoms with E-state index in [0.29, 0.717) is 12.0 Å². The van der Waals surface area contributed by atoms with Crippen LogP contribution >= 0.6 is 0 Å². The van der Waals surface area contributed by atoms with Crippen molar-refractivity contribution in [2.24, 2.45) is 5.92 Å². The van der Waals surface area contributed by atoms with E-state index in [9.17, 15) is 4.39 Å². The first kappa shape index (κ1) is 14.5. The van der Waals surface area contributed by atoms with Crippen molar-refractivity contribution in [1.82, 2.24) is 10.2 Å². The third-order valence-electron chi connectivity index (χ3n) is 4.10. The minimum atomic E-state index is -0.136. The number of aryl methyl sites for hydroxylation is 1. The van der Waals surface area contributed by atoms with E-state index in [1.54, 1.807) is 12.1 Å². The molecule has 0 spiro atoms. The Morgan fingerprint density at radius 1 is 1.42 bits per heavy atom. The van der Waals surface area contributed by atoms with Crippen LogP contribution in [0.1, 0.15) is 25.0 Å². The van der Waals surface area contributed by atoms with Crippen molar-refractivity contribution in [3.05, 3.63) is 35.1 Å². The number of nitrogens with one attached hydrogen (secondary N) is 1. The molecule has 1 saturated heterocycles. The van der Waals surface area contributed by atoms with Crippen LogP contribution in [0.25, 0.3) is 0 Å². The maximum absolute atomic E-state index is 13.1. The van der Waals surface area contributed by atoms with Gasteiger partial charge in [0.1, 0.15) is 5.82 Å². The van der Waals surface area contributed by atoms with Gasteiger partial charge in [0.05, 0.1) is 0 Å². The summed E-state index contributed by atoms with van der Waals surface area (Å²) >= 11 is 0. The molecule has 1 N–H and O–H groups in total. The van der Waals surface area contributed by atoms with Crippen molar-refractivity contribution in [3.8, 4) is 0 Å². The summed E-state index contributed by atoms with van der Waals surface area (Å²) in [6.07, 6.45) is 1.01. The number of hydrogen-bond donors (Lipinski definition) is 1. The average molecular weight is 264 g/mol. The zero-order chi connectivity index (χ0) is 13.8. The lowest BCUT2D eigenvalue weighted by Gasteiger charge is -2.35. The molecule has 0 aliphatic carbocycles. The number of nitrogens with zero attached hydrogens (tertiary/aromatic N) is 1. The van der Waals surface area contributed by atoms with Crippen molar-refractivity contribution in [3.63, 3.8) is 0 Å². The smallest absolute Gasteiger partial charge is 0.123 e. The van der Waals surface area contributed by atoms with Gasteiger partial charge in [0, 0.05) is 32.2 Å². The molecule has 2 nitrogen and oxygen atoms in total. The summed E-state index contributed by atoms with van der Waals surface area (Å²) in [5, 5.41) is 3.57. The predicted molar refractivity (Wildman–Crippen MR) is 77.9 cm³/mol. The number of halogens is 1. The zero-order valence-electron chi connectivity index (χ0n) is 12.2. The Morgan fingerprint density at radius 3 is 2.89 bits per heavy atom. The van der Waals surface area contributed by atoms with E-state index in [2.05, 4.69) is 24.1 Å². The van der Waals surface area contributed by atoms with Crippen LogP contribution < -0.4 is 5.32 Å². The maximum atomic E-state index is 13.1. The van der Waals surface area contributed by atoms with E-state index in [0.717, 1.165) is 38.2 Å². The number of benzene rings is 1. The Hall–Kier alpha value is -0.930. The molecule has 1 fully saturated rings. The van der Waals surface area contributed by atoms with Crippen LogP contribution in [0.5, 0.6) is 0 Å². The highest BCUT2D eigenvalue weighted by Gasteiger charge is 2.21. The Bertz CT molecular complexity index is 417. The molecule has 1 aliphatic heterocycles. The van der Waals surface area contributed by atoms with Crippen LogP contribution in [0.15, 0.2) is 18.2 Å². The van der Waals surface area contributed by atoms with Crippen molar-refractivity contribution in [1.29, 1.82) is 0 Å². The van der Waals surface area contributed by atoms with Gasteiger partial charge in [0.2, 0.25) is 0 Å². The van der Waals surface area contributed by atoms with Gasteiger partial charge >= 0.3 is 0 Å². The van der Waals surface area contributed by atoms with Gasteiger partial charge in [-0.2, -0.15) is 0 Å². The lowest BCUT2D eigenvalue weighted by atomic mass is 10.0. The summed E-state index contributed by atoms with van der Waals surface area (Å²) < 4.78 is 13.1. The highest BCUT2D eigenvalue weighted by Crippen LogP contribution is 2.13. The summed E-state index contributed by atoms with van der Waals surface area (Å²) in [7, 11) is 0. The van der Waals surface area contributed by atoms with E-state index >= 15 is 0 Å². The minimum absolute atomic E-state index is 0.136. The predicted octanol–water partition coefficient (Wildman–Crippen LogP) is 2.61. The number of piperazine rings is 1. The third kappa shape index (κ3) is 4.02. The van der Waals surface area contributed by atoms with Crippen LogP contribution in [0.2, 0.25) is 0 Å². The van der Waals surface area contributed by atoms with Crippen LogP contribution in [0, 0.1) is 18.7 Å². The van der Waals surface area contributed by atoms with Crippen LogP contribution in [0.4, 0.5) is 4.39 Å². The normalized spacial score (nSPS) is 21.0. The lowest BCUT2D eigenvalue weighted by Crippen LogP contribution is -2.53. The van der Waals surface area contributed by atoms with Crippen molar-refractivity contribution >= 4 is 0 Å². The molecule has 0 saturated carbocycles. The molecule has 0 bridgehead atoms. The standard InChI is InChI=1S/C16H25FN2/c1-12(2)16-11-19(9-7-18-16)8-6-14-4-5-15(17)10-13(14)3/h4-5,10,12,16,18H,6-9,11H2,1-3H3. The molecule has 2 rings (SSSR count). The molecule has 0 radical (unpaired) electrons. The second kappa shape index (κ2) is 6.49. The first-order valence-corrected chi connectivity index (χ1v) is 7.27. The average Bonchev–Trinajstić information content (AvgIpc) is 2.38. The third-order valence-corrected chi connectivity index (χ3v) is 4.10. The Kier molecular flexibility index (Phi) is 4.94. The molecule has 1 atom stereocenters. The summed E-state index contributed by atoms with van der Waals surface area (Å²) in [6.45, 7) is 10.9. The zero-order valence-corrected chi connectivity index (χ0v) is 12.2. The van der Waals surface area contributed by atoms with Crippen LogP contribution in [0.3, 0.4) is 0 Å². The molecule has 1 aromatic rings. The van der Waals surface area contributed by atoms with Gasteiger partial charge in [-0.25, -0.2) is 4.39 Å². The van der Waals surface area contributed by atoms with E-state index < -0.39 is 0 Å². The van der Waals surface area contributed by atoms with Gasteiger partial charge in [0.25, 0.3) is 0 Å². The Labute approximate surface area is 116 Å². The van der Waals surface area contributed by atoms with Gasteiger partial charge in [-0.05, 0) is 42.5 Å². The van der Waals surface area contributed by atoms with Gasteiger partial charge in [-0.15, -0.1) is 0 Å². The van der Waals surface area contributed by atoms with Gasteiger partial charge in [-0.3, -0.25) is 0 Å². The van der Waals surface area contributed by atoms with E-state index in [1.165, 1.54) is 5.56 Å². The van der Waals surface area contributed by atoms with Crippen molar-refractivity contribution < 1.29 is 4.39 Å². The molecule has 1 aliphatic rings. The highest BCUT2D eigenvalue weighted by molar-refractivity contribution is 5.26. The molecule has 3 heteroatoms. The maximum Gasteiger partial charge on any atom is 0.123 e. The minimum Gasteiger partial charge on any atom is -0.311 e. The molecule has 106 valence electrons. The Balaban J connectivity index is 1.88. The second-order valence-electron chi connectivity index (χ2n) is 5.93. The number of rotatable bonds is 4. The molecule has 19 heavy (non-hydrogen) atoms. The first-order valence-electron chi connectivity index (χ1n) is 7.27. The molecule has 0 aromatic heterocycles. The van der Waals surface area contributed by atoms with E-state index in [1.807, 2.05) is 13.0 Å². The molecule has 1 heterocycles. The second-order valence-corrected chi connectivity index (χ2v) is 5.93. The monoisotopic (exact) mass is 264 g/mol. The fraction of sp³-hybridized carbons (Fsp3) is 0.625. The summed E-state index contributed by atoms with van der Waals surface area (Å²) in [6, 6.07) is 5.72. The van der Waals surface area contributed by atoms with Gasteiger partial charge < -0.3 is 10.2 Å². The van der Waals surface area contributed by atoms with Gasteiger partial charge in [0.15, 0.2) is 0 Å². The molecule has 1 unspecified atom stereocenters. The largest absolute Gasteiger partial charge is 0.311 e. The van der Waals surface area contributed by atoms with Crippen LogP contribution in [-0.4, -0.2) is 37.1 Å².